The first kappa shape index (κ1) is 19.3. The summed E-state index contributed by atoms with van der Waals surface area (Å²) in [5.74, 6) is -0.781. The zero-order chi connectivity index (χ0) is 21.1. The number of H-pyrrole nitrogens is 1. The lowest BCUT2D eigenvalue weighted by Gasteiger charge is -2.18. The molecular weight excluding hydrogens is 382 g/mol. The number of para-hydroxylation sites is 1. The van der Waals surface area contributed by atoms with Crippen molar-refractivity contribution in [2.45, 2.75) is 19.4 Å². The number of fused-ring (bicyclic) bond motifs is 1. The molecule has 4 aromatic rings. The molecule has 7 heteroatoms. The predicted octanol–water partition coefficient (Wildman–Crippen LogP) is 5.04. The van der Waals surface area contributed by atoms with Crippen LogP contribution in [0.15, 0.2) is 73.1 Å². The smallest absolute Gasteiger partial charge is 0.406 e. The molecule has 150 valence electrons. The molecule has 30 heavy (non-hydrogen) atoms. The van der Waals surface area contributed by atoms with Crippen LogP contribution in [0, 0.1) is 10.1 Å². The highest BCUT2D eigenvalue weighted by molar-refractivity contribution is 6.10. The molecule has 1 atom stereocenters. The summed E-state index contributed by atoms with van der Waals surface area (Å²) in [4.78, 5) is 31.3. The molecule has 0 bridgehead atoms. The first-order chi connectivity index (χ1) is 14.6. The van der Waals surface area contributed by atoms with Crippen molar-refractivity contribution < 1.29 is 14.5 Å². The van der Waals surface area contributed by atoms with Crippen LogP contribution in [-0.4, -0.2) is 20.7 Å². The Hall–Kier alpha value is -4.00. The van der Waals surface area contributed by atoms with E-state index in [1.165, 1.54) is 18.3 Å². The molecule has 0 saturated carbocycles. The summed E-state index contributed by atoms with van der Waals surface area (Å²) in [5, 5.41) is 12.2. The van der Waals surface area contributed by atoms with Crippen LogP contribution in [0.2, 0.25) is 0 Å². The third-order valence-electron chi connectivity index (χ3n) is 4.96. The first-order valence-corrected chi connectivity index (χ1v) is 9.54. The predicted molar refractivity (Wildman–Crippen MR) is 113 cm³/mol. The topological polar surface area (TPSA) is 98.1 Å². The van der Waals surface area contributed by atoms with E-state index in [4.69, 9.17) is 4.74 Å². The van der Waals surface area contributed by atoms with Gasteiger partial charge in [0.2, 0.25) is 11.5 Å². The number of aromatic amines is 1. The van der Waals surface area contributed by atoms with E-state index in [0.717, 1.165) is 22.9 Å². The lowest BCUT2D eigenvalue weighted by atomic mass is 9.98. The summed E-state index contributed by atoms with van der Waals surface area (Å²) in [6.07, 6.45) is 2.75. The third kappa shape index (κ3) is 3.53. The van der Waals surface area contributed by atoms with Crippen molar-refractivity contribution in [3.63, 3.8) is 0 Å². The molecular formula is C23H19N3O4. The highest BCUT2D eigenvalue weighted by Gasteiger charge is 2.29. The molecule has 0 spiro atoms. The summed E-state index contributed by atoms with van der Waals surface area (Å²) in [5.41, 5.74) is 3.08. The van der Waals surface area contributed by atoms with E-state index in [0.29, 0.717) is 11.1 Å². The number of aromatic nitrogens is 2. The Balaban J connectivity index is 1.80. The van der Waals surface area contributed by atoms with E-state index in [9.17, 15) is 14.9 Å². The second-order valence-electron chi connectivity index (χ2n) is 6.75. The van der Waals surface area contributed by atoms with Gasteiger partial charge in [-0.25, -0.2) is 0 Å². The fraction of sp³-hybridized carbons (Fsp3) is 0.130. The van der Waals surface area contributed by atoms with Crippen LogP contribution in [0.5, 0.6) is 5.75 Å². The zero-order valence-electron chi connectivity index (χ0n) is 16.2. The van der Waals surface area contributed by atoms with Crippen LogP contribution in [0.4, 0.5) is 5.82 Å². The minimum absolute atomic E-state index is 0.0567. The van der Waals surface area contributed by atoms with Gasteiger partial charge in [-0.1, -0.05) is 55.5 Å². The average molecular weight is 401 g/mol. The van der Waals surface area contributed by atoms with Gasteiger partial charge in [-0.15, -0.1) is 0 Å². The van der Waals surface area contributed by atoms with Gasteiger partial charge in [0.15, 0.2) is 6.10 Å². The maximum atomic E-state index is 13.6. The van der Waals surface area contributed by atoms with Crippen molar-refractivity contribution in [2.75, 3.05) is 0 Å². The lowest BCUT2D eigenvalue weighted by Crippen LogP contribution is -2.19. The van der Waals surface area contributed by atoms with Gasteiger partial charge in [0.05, 0.1) is 0 Å². The van der Waals surface area contributed by atoms with E-state index >= 15 is 0 Å². The molecule has 0 saturated heterocycles. The van der Waals surface area contributed by atoms with E-state index < -0.39 is 16.8 Å². The second kappa shape index (κ2) is 8.16. The number of carbonyl (C=O) groups is 1. The van der Waals surface area contributed by atoms with Crippen LogP contribution in [-0.2, 0) is 6.42 Å². The molecule has 7 nitrogen and oxygen atoms in total. The van der Waals surface area contributed by atoms with E-state index in [2.05, 4.69) is 16.9 Å². The number of nitrogens with zero attached hydrogens (tertiary/aromatic N) is 2. The molecule has 0 amide bonds. The van der Waals surface area contributed by atoms with Crippen LogP contribution >= 0.6 is 0 Å². The number of ketones is 1. The second-order valence-corrected chi connectivity index (χ2v) is 6.75. The van der Waals surface area contributed by atoms with Crippen LogP contribution in [0.25, 0.3) is 10.9 Å². The van der Waals surface area contributed by atoms with Crippen LogP contribution in [0.1, 0.15) is 34.5 Å². The summed E-state index contributed by atoms with van der Waals surface area (Å²) >= 11 is 0. The molecule has 0 unspecified atom stereocenters. The van der Waals surface area contributed by atoms with Gasteiger partial charge in [-0.2, -0.15) is 0 Å². The molecule has 0 radical (unpaired) electrons. The van der Waals surface area contributed by atoms with Crippen molar-refractivity contribution in [3.8, 4) is 5.75 Å². The Morgan fingerprint density at radius 2 is 1.93 bits per heavy atom. The Kier molecular flexibility index (Phi) is 5.26. The fourth-order valence-electron chi connectivity index (χ4n) is 3.50. The Labute approximate surface area is 172 Å². The van der Waals surface area contributed by atoms with Crippen molar-refractivity contribution in [1.29, 1.82) is 0 Å². The van der Waals surface area contributed by atoms with Gasteiger partial charge < -0.3 is 19.8 Å². The highest BCUT2D eigenvalue weighted by Crippen LogP contribution is 2.33. The van der Waals surface area contributed by atoms with Crippen LogP contribution < -0.4 is 4.74 Å². The lowest BCUT2D eigenvalue weighted by molar-refractivity contribution is -0.390. The minimum Gasteiger partial charge on any atom is -0.469 e. The van der Waals surface area contributed by atoms with Crippen molar-refractivity contribution in [2.24, 2.45) is 0 Å². The Morgan fingerprint density at radius 1 is 1.13 bits per heavy atom. The molecule has 4 rings (SSSR count). The molecule has 1 N–H and O–H groups in total. The summed E-state index contributed by atoms with van der Waals surface area (Å²) in [6, 6.07) is 17.7. The number of benzene rings is 2. The van der Waals surface area contributed by atoms with E-state index in [-0.39, 0.29) is 11.5 Å². The molecule has 0 aliphatic heterocycles. The van der Waals surface area contributed by atoms with Gasteiger partial charge in [-0.3, -0.25) is 4.79 Å². The van der Waals surface area contributed by atoms with Gasteiger partial charge in [0.25, 0.3) is 0 Å². The maximum absolute atomic E-state index is 13.6. The van der Waals surface area contributed by atoms with Crippen LogP contribution in [0.3, 0.4) is 0 Å². The van der Waals surface area contributed by atoms with Gasteiger partial charge in [-0.05, 0) is 34.0 Å². The molecule has 2 aromatic carbocycles. The summed E-state index contributed by atoms with van der Waals surface area (Å²) in [6.45, 7) is 2.05. The number of hydrogen-bond donors (Lipinski definition) is 1. The molecule has 0 fully saturated rings. The van der Waals surface area contributed by atoms with Gasteiger partial charge in [0, 0.05) is 28.2 Å². The number of rotatable bonds is 7. The average Bonchev–Trinajstić information content (AvgIpc) is 3.22. The summed E-state index contributed by atoms with van der Waals surface area (Å²) < 4.78 is 5.92. The molecule has 0 aliphatic carbocycles. The molecule has 0 aliphatic rings. The summed E-state index contributed by atoms with van der Waals surface area (Å²) in [7, 11) is 0. The monoisotopic (exact) mass is 401 g/mol. The van der Waals surface area contributed by atoms with Gasteiger partial charge in [0.1, 0.15) is 6.20 Å². The van der Waals surface area contributed by atoms with Crippen molar-refractivity contribution in [1.82, 2.24) is 9.97 Å². The van der Waals surface area contributed by atoms with Crippen molar-refractivity contribution in [3.05, 3.63) is 99.9 Å². The zero-order valence-corrected chi connectivity index (χ0v) is 16.2. The Morgan fingerprint density at radius 3 is 2.67 bits per heavy atom. The normalized spacial score (nSPS) is 11.9. The maximum Gasteiger partial charge on any atom is 0.406 e. The number of nitro groups is 1. The largest absolute Gasteiger partial charge is 0.469 e. The standard InChI is InChI=1S/C23H19N3O4/c1-2-15-10-6-11-17-18(14-25-20(15)17)21(27)22(16-8-4-3-5-9-16)30-19-12-7-13-24-23(19)26(28)29/h3-14,22,25H,2H2,1H3/t22-/m1/s1. The number of aryl methyl sites for hydroxylation is 1. The quantitative estimate of drug-likeness (QED) is 0.266. The highest BCUT2D eigenvalue weighted by atomic mass is 16.6. The van der Waals surface area contributed by atoms with Crippen molar-refractivity contribution >= 4 is 22.5 Å². The number of carbonyl (C=O) groups excluding carboxylic acids is 1. The van der Waals surface area contributed by atoms with Gasteiger partial charge >= 0.3 is 5.82 Å². The van der Waals surface area contributed by atoms with E-state index in [1.807, 2.05) is 24.3 Å². The molecule has 2 heterocycles. The minimum atomic E-state index is -1.06. The number of hydrogen-bond acceptors (Lipinski definition) is 5. The SMILES string of the molecule is CCc1cccc2c(C(=O)[C@H](Oc3cccnc3[N+](=O)[O-])c3ccccc3)c[nH]c12. The Bertz CT molecular complexity index is 1220. The molecule has 2 aromatic heterocycles. The number of pyridine rings is 1. The first-order valence-electron chi connectivity index (χ1n) is 9.54. The number of ether oxygens (including phenoxy) is 1. The number of Topliss-reactive ketones (excluding diaryl/α,β-unsaturated/α-hetero) is 1. The fourth-order valence-corrected chi connectivity index (χ4v) is 3.50. The van der Waals surface area contributed by atoms with E-state index in [1.54, 1.807) is 30.5 Å². The number of nitrogens with one attached hydrogen (secondary N) is 1. The third-order valence-corrected chi connectivity index (χ3v) is 4.96.